The molecule has 0 aliphatic heterocycles. The van der Waals surface area contributed by atoms with Crippen molar-refractivity contribution in [3.63, 3.8) is 0 Å². The average molecular weight is 282 g/mol. The Morgan fingerprint density at radius 3 is 2.72 bits per heavy atom. The molecular weight excluding hydrogens is 266 g/mol. The molecule has 0 fully saturated rings. The molecule has 96 valence electrons. The van der Waals surface area contributed by atoms with Gasteiger partial charge in [0.1, 0.15) is 0 Å². The van der Waals surface area contributed by atoms with Gasteiger partial charge in [-0.05, 0) is 47.0 Å². The van der Waals surface area contributed by atoms with E-state index in [-0.39, 0.29) is 0 Å². The second-order valence-corrected chi connectivity index (χ2v) is 5.56. The molecule has 0 aliphatic carbocycles. The summed E-state index contributed by atoms with van der Waals surface area (Å²) < 4.78 is 0. The largest absolute Gasteiger partial charge is 0.389 e. The number of aliphatic hydroxyl groups is 1. The number of aliphatic hydroxyl groups excluding tert-OH is 1. The van der Waals surface area contributed by atoms with E-state index in [0.29, 0.717) is 5.02 Å². The maximum atomic E-state index is 9.51. The number of thiophene rings is 1. The molecule has 0 aliphatic rings. The van der Waals surface area contributed by atoms with Gasteiger partial charge in [0.15, 0.2) is 0 Å². The fraction of sp³-hybridized carbons (Fsp3) is 0.286. The number of halogens is 1. The lowest BCUT2D eigenvalue weighted by Gasteiger charge is -2.21. The minimum atomic E-state index is -0.487. The lowest BCUT2D eigenvalue weighted by atomic mass is 10.1. The molecule has 0 saturated heterocycles. The third kappa shape index (κ3) is 3.05. The first-order chi connectivity index (χ1) is 8.58. The first kappa shape index (κ1) is 13.4. The van der Waals surface area contributed by atoms with Crippen molar-refractivity contribution >= 4 is 28.6 Å². The smallest absolute Gasteiger partial charge is 0.0762 e. The Kier molecular flexibility index (Phi) is 4.27. The van der Waals surface area contributed by atoms with Crippen LogP contribution in [0.25, 0.3) is 0 Å². The zero-order valence-corrected chi connectivity index (χ0v) is 12.0. The van der Waals surface area contributed by atoms with E-state index in [4.69, 9.17) is 11.6 Å². The Morgan fingerprint density at radius 1 is 1.39 bits per heavy atom. The minimum Gasteiger partial charge on any atom is -0.389 e. The van der Waals surface area contributed by atoms with Crippen LogP contribution in [-0.4, -0.2) is 12.2 Å². The average Bonchev–Trinajstić information content (AvgIpc) is 2.81. The summed E-state index contributed by atoms with van der Waals surface area (Å²) in [6.07, 6.45) is -0.487. The highest BCUT2D eigenvalue weighted by atomic mass is 35.5. The molecule has 0 saturated carbocycles. The fourth-order valence-electron chi connectivity index (χ4n) is 1.83. The van der Waals surface area contributed by atoms with Crippen LogP contribution in [-0.2, 0) is 6.54 Å². The zero-order chi connectivity index (χ0) is 13.1. The van der Waals surface area contributed by atoms with Crippen molar-refractivity contribution in [3.05, 3.63) is 51.2 Å². The topological polar surface area (TPSA) is 23.5 Å². The van der Waals surface area contributed by atoms with Crippen LogP contribution in [0.15, 0.2) is 35.0 Å². The van der Waals surface area contributed by atoms with Gasteiger partial charge in [-0.3, -0.25) is 0 Å². The summed E-state index contributed by atoms with van der Waals surface area (Å²) in [5.41, 5.74) is 3.10. The first-order valence-corrected chi connectivity index (χ1v) is 7.09. The molecule has 4 heteroatoms. The van der Waals surface area contributed by atoms with Crippen LogP contribution >= 0.6 is 22.9 Å². The molecule has 1 aromatic carbocycles. The normalized spacial score (nSPS) is 12.4. The number of nitrogens with zero attached hydrogens (tertiary/aromatic N) is 1. The number of anilines is 1. The second kappa shape index (κ2) is 5.74. The van der Waals surface area contributed by atoms with Gasteiger partial charge in [-0.15, -0.1) is 0 Å². The van der Waals surface area contributed by atoms with E-state index in [2.05, 4.69) is 21.7 Å². The van der Waals surface area contributed by atoms with Gasteiger partial charge >= 0.3 is 0 Å². The molecule has 0 spiro atoms. The van der Waals surface area contributed by atoms with Crippen molar-refractivity contribution in [1.29, 1.82) is 0 Å². The summed E-state index contributed by atoms with van der Waals surface area (Å²) in [5, 5.41) is 14.4. The summed E-state index contributed by atoms with van der Waals surface area (Å²) in [7, 11) is 2.01. The van der Waals surface area contributed by atoms with Crippen molar-refractivity contribution < 1.29 is 5.11 Å². The molecule has 1 atom stereocenters. The van der Waals surface area contributed by atoms with Crippen LogP contribution in [0.2, 0.25) is 5.02 Å². The van der Waals surface area contributed by atoms with Crippen molar-refractivity contribution in [2.24, 2.45) is 0 Å². The van der Waals surface area contributed by atoms with Gasteiger partial charge < -0.3 is 10.0 Å². The van der Waals surface area contributed by atoms with E-state index < -0.39 is 6.10 Å². The summed E-state index contributed by atoms with van der Waals surface area (Å²) in [6.45, 7) is 2.57. The van der Waals surface area contributed by atoms with E-state index in [1.165, 1.54) is 5.56 Å². The van der Waals surface area contributed by atoms with Gasteiger partial charge in [-0.1, -0.05) is 17.7 Å². The first-order valence-electron chi connectivity index (χ1n) is 5.77. The van der Waals surface area contributed by atoms with Gasteiger partial charge in [0.25, 0.3) is 0 Å². The molecule has 1 N–H and O–H groups in total. The van der Waals surface area contributed by atoms with Crippen LogP contribution in [0.4, 0.5) is 5.69 Å². The highest BCUT2D eigenvalue weighted by Crippen LogP contribution is 2.29. The van der Waals surface area contributed by atoms with E-state index >= 15 is 0 Å². The number of hydrogen-bond acceptors (Lipinski definition) is 3. The molecule has 0 bridgehead atoms. The van der Waals surface area contributed by atoms with Gasteiger partial charge in [-0.25, -0.2) is 0 Å². The van der Waals surface area contributed by atoms with Crippen LogP contribution < -0.4 is 4.90 Å². The third-order valence-corrected chi connectivity index (χ3v) is 3.90. The Bertz CT molecular complexity index is 511. The van der Waals surface area contributed by atoms with Crippen molar-refractivity contribution in [3.8, 4) is 0 Å². The number of benzene rings is 1. The standard InChI is InChI=1S/C14H16ClNOS/c1-10(17)12-3-4-14(13(15)7-12)16(2)8-11-5-6-18-9-11/h3-7,9-10,17H,8H2,1-2H3/t10-/m1/s1. The Labute approximate surface area is 116 Å². The minimum absolute atomic E-state index is 0.487. The second-order valence-electron chi connectivity index (χ2n) is 4.37. The van der Waals surface area contributed by atoms with E-state index in [1.54, 1.807) is 18.3 Å². The number of hydrogen-bond donors (Lipinski definition) is 1. The molecular formula is C14H16ClNOS. The molecule has 0 unspecified atom stereocenters. The van der Waals surface area contributed by atoms with Crippen LogP contribution in [0.1, 0.15) is 24.2 Å². The summed E-state index contributed by atoms with van der Waals surface area (Å²) in [5.74, 6) is 0. The van der Waals surface area contributed by atoms with E-state index in [9.17, 15) is 5.11 Å². The van der Waals surface area contributed by atoms with Gasteiger partial charge in [0, 0.05) is 13.6 Å². The highest BCUT2D eigenvalue weighted by molar-refractivity contribution is 7.07. The molecule has 0 radical (unpaired) electrons. The number of rotatable bonds is 4. The Hall–Kier alpha value is -1.03. The SMILES string of the molecule is C[C@@H](O)c1ccc(N(C)Cc2ccsc2)c(Cl)c1. The summed E-state index contributed by atoms with van der Waals surface area (Å²) in [6, 6.07) is 7.80. The lowest BCUT2D eigenvalue weighted by Crippen LogP contribution is -2.16. The summed E-state index contributed by atoms with van der Waals surface area (Å²) in [4.78, 5) is 2.11. The molecule has 1 aromatic heterocycles. The predicted molar refractivity (Wildman–Crippen MR) is 78.5 cm³/mol. The van der Waals surface area contributed by atoms with Crippen LogP contribution in [0.5, 0.6) is 0 Å². The molecule has 1 heterocycles. The van der Waals surface area contributed by atoms with Crippen molar-refractivity contribution in [2.75, 3.05) is 11.9 Å². The van der Waals surface area contributed by atoms with Gasteiger partial charge in [-0.2, -0.15) is 11.3 Å². The van der Waals surface area contributed by atoms with Crippen molar-refractivity contribution in [2.45, 2.75) is 19.6 Å². The van der Waals surface area contributed by atoms with Crippen LogP contribution in [0, 0.1) is 0 Å². The fourth-order valence-corrected chi connectivity index (χ4v) is 2.83. The highest BCUT2D eigenvalue weighted by Gasteiger charge is 2.09. The lowest BCUT2D eigenvalue weighted by molar-refractivity contribution is 0.199. The van der Waals surface area contributed by atoms with Crippen LogP contribution in [0.3, 0.4) is 0 Å². The maximum absolute atomic E-state index is 9.51. The molecule has 0 amide bonds. The molecule has 2 nitrogen and oxygen atoms in total. The van der Waals surface area contributed by atoms with Gasteiger partial charge in [0.05, 0.1) is 16.8 Å². The Balaban J connectivity index is 2.17. The zero-order valence-electron chi connectivity index (χ0n) is 10.4. The molecule has 2 aromatic rings. The maximum Gasteiger partial charge on any atom is 0.0762 e. The van der Waals surface area contributed by atoms with Crippen molar-refractivity contribution in [1.82, 2.24) is 0 Å². The predicted octanol–water partition coefficient (Wildman–Crippen LogP) is 4.09. The van der Waals surface area contributed by atoms with E-state index in [0.717, 1.165) is 17.8 Å². The van der Waals surface area contributed by atoms with Gasteiger partial charge in [0.2, 0.25) is 0 Å². The quantitative estimate of drug-likeness (QED) is 0.912. The van der Waals surface area contributed by atoms with E-state index in [1.807, 2.05) is 25.2 Å². The Morgan fingerprint density at radius 2 is 2.17 bits per heavy atom. The molecule has 18 heavy (non-hydrogen) atoms. The third-order valence-electron chi connectivity index (χ3n) is 2.87. The monoisotopic (exact) mass is 281 g/mol. The summed E-state index contributed by atoms with van der Waals surface area (Å²) >= 11 is 7.95. The molecule has 2 rings (SSSR count).